The number of hydrogen-bond donors (Lipinski definition) is 0. The number of amides is 2. The molecule has 1 saturated heterocycles. The van der Waals surface area contributed by atoms with Gasteiger partial charge in [-0.15, -0.1) is 0 Å². The molecule has 258 valence electrons. The van der Waals surface area contributed by atoms with E-state index in [-0.39, 0.29) is 5.95 Å². The Labute approximate surface area is 317 Å². The number of nitrogens with zero attached hydrogens (tertiary/aromatic N) is 4. The molecule has 0 bridgehead atoms. The predicted molar refractivity (Wildman–Crippen MR) is 214 cm³/mol. The van der Waals surface area contributed by atoms with Gasteiger partial charge in [-0.2, -0.15) is 9.97 Å². The lowest BCUT2D eigenvalue weighted by Gasteiger charge is -2.39. The Kier molecular flexibility index (Phi) is 6.58. The number of hydrogen-bond acceptors (Lipinski definition) is 5. The van der Waals surface area contributed by atoms with E-state index >= 15 is 9.59 Å². The number of carbonyl (C=O) groups excluding carboxylic acids is 2. The molecular weight excluding hydrogens is 677 g/mol. The minimum absolute atomic E-state index is 0.0102. The first kappa shape index (κ1) is 31.2. The van der Waals surface area contributed by atoms with Gasteiger partial charge in [0.25, 0.3) is 11.8 Å². The van der Waals surface area contributed by atoms with E-state index in [1.54, 1.807) is 0 Å². The summed E-state index contributed by atoms with van der Waals surface area (Å²) in [6, 6.07) is 59.8. The first-order chi connectivity index (χ1) is 27.1. The number of aromatic nitrogens is 3. The zero-order valence-electron chi connectivity index (χ0n) is 29.4. The van der Waals surface area contributed by atoms with Crippen LogP contribution in [0.3, 0.4) is 0 Å². The van der Waals surface area contributed by atoms with Crippen molar-refractivity contribution >= 4 is 17.8 Å². The van der Waals surface area contributed by atoms with E-state index in [1.165, 1.54) is 4.90 Å². The molecule has 0 radical (unpaired) electrons. The van der Waals surface area contributed by atoms with Gasteiger partial charge >= 0.3 is 0 Å². The van der Waals surface area contributed by atoms with E-state index < -0.39 is 22.6 Å². The lowest BCUT2D eigenvalue weighted by Crippen LogP contribution is -2.51. The number of rotatable bonds is 4. The van der Waals surface area contributed by atoms with Crippen LogP contribution >= 0.6 is 0 Å². The fourth-order valence-corrected chi connectivity index (χ4v) is 9.45. The first-order valence-electron chi connectivity index (χ1n) is 18.4. The van der Waals surface area contributed by atoms with Crippen LogP contribution in [-0.4, -0.2) is 26.8 Å². The SMILES string of the molecule is O=C1N(c2nc(-c3ccccc3)nc(-c3cccc(-c4ccccc4)c3)n2)C(=O)C2(c3ccccc3-c3ccccc32)C12c1ccccc1-c1ccccc12. The molecule has 1 fully saturated rings. The maximum absolute atomic E-state index is 16.2. The third-order valence-corrected chi connectivity index (χ3v) is 11.6. The van der Waals surface area contributed by atoms with Gasteiger partial charge in [0.1, 0.15) is 10.8 Å². The molecule has 55 heavy (non-hydrogen) atoms. The van der Waals surface area contributed by atoms with E-state index in [0.29, 0.717) is 11.6 Å². The Morgan fingerprint density at radius 2 is 0.709 bits per heavy atom. The van der Waals surface area contributed by atoms with Crippen molar-refractivity contribution < 1.29 is 9.59 Å². The van der Waals surface area contributed by atoms with Crippen molar-refractivity contribution in [1.82, 2.24) is 15.0 Å². The zero-order chi connectivity index (χ0) is 36.7. The summed E-state index contributed by atoms with van der Waals surface area (Å²) < 4.78 is 0. The van der Waals surface area contributed by atoms with Crippen LogP contribution in [0.25, 0.3) is 56.2 Å². The highest BCUT2D eigenvalue weighted by Gasteiger charge is 2.77. The average Bonchev–Trinajstić information content (AvgIpc) is 3.81. The maximum atomic E-state index is 16.2. The van der Waals surface area contributed by atoms with Crippen LogP contribution in [0.2, 0.25) is 0 Å². The summed E-state index contributed by atoms with van der Waals surface area (Å²) in [5, 5.41) is 0. The van der Waals surface area contributed by atoms with Crippen molar-refractivity contribution in [1.29, 1.82) is 0 Å². The van der Waals surface area contributed by atoms with Crippen LogP contribution in [0, 0.1) is 0 Å². The molecular formula is C49H30N4O2. The Hall–Kier alpha value is -7.31. The number of imide groups is 1. The molecule has 2 heterocycles. The normalized spacial score (nSPS) is 15.2. The van der Waals surface area contributed by atoms with Gasteiger partial charge in [-0.3, -0.25) is 9.59 Å². The third kappa shape index (κ3) is 4.05. The fourth-order valence-electron chi connectivity index (χ4n) is 9.45. The molecule has 11 rings (SSSR count). The molecule has 1 aromatic heterocycles. The highest BCUT2D eigenvalue weighted by Crippen LogP contribution is 2.68. The van der Waals surface area contributed by atoms with E-state index in [1.807, 2.05) is 146 Å². The van der Waals surface area contributed by atoms with Gasteiger partial charge in [0.2, 0.25) is 5.95 Å². The van der Waals surface area contributed by atoms with Crippen molar-refractivity contribution in [3.05, 3.63) is 204 Å². The Balaban J connectivity index is 1.22. The number of fused-ring (bicyclic) bond motifs is 11. The summed E-state index contributed by atoms with van der Waals surface area (Å²) in [7, 11) is 0. The highest BCUT2D eigenvalue weighted by molar-refractivity contribution is 6.34. The minimum atomic E-state index is -1.47. The van der Waals surface area contributed by atoms with Crippen LogP contribution in [0.1, 0.15) is 22.3 Å². The minimum Gasteiger partial charge on any atom is -0.272 e. The molecule has 0 saturated carbocycles. The van der Waals surface area contributed by atoms with E-state index in [4.69, 9.17) is 15.0 Å². The van der Waals surface area contributed by atoms with E-state index in [0.717, 1.165) is 66.8 Å². The molecule has 6 nitrogen and oxygen atoms in total. The third-order valence-electron chi connectivity index (χ3n) is 11.6. The highest BCUT2D eigenvalue weighted by atomic mass is 16.2. The van der Waals surface area contributed by atoms with Gasteiger partial charge < -0.3 is 0 Å². The van der Waals surface area contributed by atoms with Crippen LogP contribution in [0.4, 0.5) is 5.95 Å². The monoisotopic (exact) mass is 706 g/mol. The van der Waals surface area contributed by atoms with Crippen LogP contribution < -0.4 is 4.90 Å². The summed E-state index contributed by atoms with van der Waals surface area (Å²) in [6.45, 7) is 0. The second kappa shape index (κ2) is 11.6. The molecule has 0 unspecified atom stereocenters. The smallest absolute Gasteiger partial charge is 0.253 e. The average molecular weight is 707 g/mol. The molecule has 8 aromatic rings. The van der Waals surface area contributed by atoms with E-state index in [2.05, 4.69) is 36.4 Å². The number of anilines is 1. The lowest BCUT2D eigenvalue weighted by molar-refractivity contribution is -0.122. The predicted octanol–water partition coefficient (Wildman–Crippen LogP) is 9.68. The summed E-state index contributed by atoms with van der Waals surface area (Å²) in [6.07, 6.45) is 0. The quantitative estimate of drug-likeness (QED) is 0.170. The summed E-state index contributed by atoms with van der Waals surface area (Å²) in [4.78, 5) is 48.6. The molecule has 6 heteroatoms. The first-order valence-corrected chi connectivity index (χ1v) is 18.4. The van der Waals surface area contributed by atoms with Crippen LogP contribution in [-0.2, 0) is 20.4 Å². The zero-order valence-corrected chi connectivity index (χ0v) is 29.4. The van der Waals surface area contributed by atoms with Crippen molar-refractivity contribution in [2.45, 2.75) is 10.8 Å². The molecule has 0 atom stereocenters. The fraction of sp³-hybridized carbons (Fsp3) is 0.0408. The second-order valence-corrected chi connectivity index (χ2v) is 14.2. The molecule has 2 spiro atoms. The van der Waals surface area contributed by atoms with Crippen molar-refractivity contribution in [3.8, 4) is 56.2 Å². The van der Waals surface area contributed by atoms with Crippen LogP contribution in [0.15, 0.2) is 182 Å². The summed E-state index contributed by atoms with van der Waals surface area (Å²) in [5.74, 6) is -0.0763. The van der Waals surface area contributed by atoms with Gasteiger partial charge in [-0.1, -0.05) is 176 Å². The number of benzene rings is 7. The van der Waals surface area contributed by atoms with Gasteiger partial charge in [-0.25, -0.2) is 9.88 Å². The molecule has 7 aromatic carbocycles. The Bertz CT molecular complexity index is 2680. The molecule has 1 aliphatic heterocycles. The van der Waals surface area contributed by atoms with Gasteiger partial charge in [0, 0.05) is 11.1 Å². The largest absolute Gasteiger partial charge is 0.272 e. The van der Waals surface area contributed by atoms with Gasteiger partial charge in [0.15, 0.2) is 11.6 Å². The summed E-state index contributed by atoms with van der Waals surface area (Å²) >= 11 is 0. The summed E-state index contributed by atoms with van der Waals surface area (Å²) in [5.41, 5.74) is 7.47. The molecule has 3 aliphatic rings. The van der Waals surface area contributed by atoms with Crippen molar-refractivity contribution in [3.63, 3.8) is 0 Å². The number of carbonyl (C=O) groups is 2. The Morgan fingerprint density at radius 3 is 1.18 bits per heavy atom. The second-order valence-electron chi connectivity index (χ2n) is 14.2. The lowest BCUT2D eigenvalue weighted by atomic mass is 9.55. The van der Waals surface area contributed by atoms with Crippen molar-refractivity contribution in [2.75, 3.05) is 4.90 Å². The Morgan fingerprint density at radius 1 is 0.345 bits per heavy atom. The molecule has 2 aliphatic carbocycles. The van der Waals surface area contributed by atoms with Crippen molar-refractivity contribution in [2.24, 2.45) is 0 Å². The van der Waals surface area contributed by atoms with E-state index in [9.17, 15) is 0 Å². The molecule has 0 N–H and O–H groups in total. The topological polar surface area (TPSA) is 76.1 Å². The standard InChI is InChI=1S/C49H30N4O2/c54-45-48(39-26-11-7-22-35(39)36-23-8-12-27-40(36)48)49(41-28-13-9-24-37(41)38-25-10-14-29-42(38)49)46(55)53(45)47-51-43(32-18-5-2-6-19-32)50-44(52-47)34-21-15-20-33(30-34)31-16-3-1-4-17-31/h1-30H. The van der Waals surface area contributed by atoms with Crippen LogP contribution in [0.5, 0.6) is 0 Å². The maximum Gasteiger partial charge on any atom is 0.253 e. The molecule has 2 amide bonds. The van der Waals surface area contributed by atoms with Gasteiger partial charge in [-0.05, 0) is 61.7 Å². The van der Waals surface area contributed by atoms with Gasteiger partial charge in [0.05, 0.1) is 0 Å².